The summed E-state index contributed by atoms with van der Waals surface area (Å²) in [6.45, 7) is 6.64. The second-order valence-electron chi connectivity index (χ2n) is 14.5. The number of anilines is 2. The Hall–Kier alpha value is -7.04. The zero-order chi connectivity index (χ0) is 42.7. The molecule has 0 amide bonds. The first-order valence-corrected chi connectivity index (χ1v) is 19.8. The van der Waals surface area contributed by atoms with Crippen LogP contribution < -0.4 is 25.4 Å². The van der Waals surface area contributed by atoms with Crippen molar-refractivity contribution in [2.45, 2.75) is 25.9 Å². The molecule has 0 radical (unpaired) electrons. The number of nitrogens with one attached hydrogen (secondary N) is 3. The number of pyridine rings is 2. The van der Waals surface area contributed by atoms with Crippen LogP contribution >= 0.6 is 0 Å². The summed E-state index contributed by atoms with van der Waals surface area (Å²) in [5.74, 6) is 1.97. The lowest BCUT2D eigenvalue weighted by Crippen LogP contribution is -2.19. The summed E-state index contributed by atoms with van der Waals surface area (Å²) < 4.78 is 41.8. The van der Waals surface area contributed by atoms with Crippen LogP contribution in [0.5, 0.6) is 11.8 Å². The first-order valence-electron chi connectivity index (χ1n) is 19.8. The average Bonchev–Trinajstić information content (AvgIpc) is 3.89. The molecule has 2 atom stereocenters. The van der Waals surface area contributed by atoms with Crippen LogP contribution in [0.25, 0.3) is 33.8 Å². The highest BCUT2D eigenvalue weighted by Gasteiger charge is 2.14. The molecule has 0 aliphatic rings. The maximum atomic E-state index is 13.5. The SMILES string of the molecule is CNCCOc1ccc(-c2cnc3ccc(N[C@H](C)c4cccc(F)c4)nn23)cn1.C[C@@H](Nc1ccc2ncc(-c3ccc(OCCN(C)C)nc3)n2n1)c1cccc(F)c1. The number of ether oxygens (including phenoxy) is 2. The van der Waals surface area contributed by atoms with Gasteiger partial charge >= 0.3 is 0 Å². The third kappa shape index (κ3) is 11.0. The van der Waals surface area contributed by atoms with Gasteiger partial charge in [-0.2, -0.15) is 0 Å². The maximum Gasteiger partial charge on any atom is 0.213 e. The molecule has 0 spiro atoms. The molecule has 61 heavy (non-hydrogen) atoms. The third-order valence-electron chi connectivity index (χ3n) is 9.61. The highest BCUT2D eigenvalue weighted by atomic mass is 19.1. The topological polar surface area (TPSA) is 144 Å². The van der Waals surface area contributed by atoms with Crippen molar-refractivity contribution in [1.29, 1.82) is 0 Å². The van der Waals surface area contributed by atoms with Crippen molar-refractivity contribution >= 4 is 22.9 Å². The predicted molar refractivity (Wildman–Crippen MR) is 233 cm³/mol. The number of nitrogens with zero attached hydrogens (tertiary/aromatic N) is 9. The molecule has 0 saturated heterocycles. The summed E-state index contributed by atoms with van der Waals surface area (Å²) in [5.41, 5.74) is 6.56. The van der Waals surface area contributed by atoms with Crippen molar-refractivity contribution in [2.75, 3.05) is 58.1 Å². The largest absolute Gasteiger partial charge is 0.476 e. The number of halogens is 2. The van der Waals surface area contributed by atoms with Crippen LogP contribution in [-0.2, 0) is 0 Å². The number of benzene rings is 2. The van der Waals surface area contributed by atoms with Crippen LogP contribution in [0.4, 0.5) is 20.4 Å². The van der Waals surface area contributed by atoms with E-state index in [1.807, 2.05) is 95.7 Å². The zero-order valence-electron chi connectivity index (χ0n) is 34.6. The molecule has 8 rings (SSSR count). The van der Waals surface area contributed by atoms with E-state index in [2.05, 4.69) is 51.0 Å². The van der Waals surface area contributed by atoms with Gasteiger partial charge in [0.2, 0.25) is 11.8 Å². The van der Waals surface area contributed by atoms with Crippen molar-refractivity contribution in [2.24, 2.45) is 0 Å². The van der Waals surface area contributed by atoms with Gasteiger partial charge in [-0.15, -0.1) is 10.2 Å². The standard InChI is InChI=1S/C23H25FN6O.C22H23FN6O/c1-16(17-5-4-6-19(24)13-17)27-21-8-9-22-25-15-20(30(22)28-21)18-7-10-23(26-14-18)31-12-11-29(2)3;1-15(16-4-3-5-18(23)12-16)27-20-7-8-21-25-14-19(29(21)28-20)17-6-9-22(26-13-17)30-11-10-24-2/h4-10,13-16H,11-12H2,1-3H3,(H,27,28);3-9,12-15,24H,10-11H2,1-2H3,(H,27,28)/t16-;15-/m11/s1. The molecule has 0 unspecified atom stereocenters. The van der Waals surface area contributed by atoms with Crippen molar-refractivity contribution in [3.8, 4) is 34.3 Å². The fraction of sp³-hybridized carbons (Fsp3) is 0.244. The Balaban J connectivity index is 0.000000184. The van der Waals surface area contributed by atoms with Gasteiger partial charge in [-0.3, -0.25) is 0 Å². The third-order valence-corrected chi connectivity index (χ3v) is 9.61. The molecule has 2 aromatic carbocycles. The minimum absolute atomic E-state index is 0.103. The van der Waals surface area contributed by atoms with Gasteiger partial charge in [0, 0.05) is 48.7 Å². The summed E-state index contributed by atoms with van der Waals surface area (Å²) in [7, 11) is 5.87. The minimum Gasteiger partial charge on any atom is -0.476 e. The first-order chi connectivity index (χ1) is 29.6. The van der Waals surface area contributed by atoms with Crippen LogP contribution in [0.2, 0.25) is 0 Å². The number of imidazole rings is 2. The molecule has 14 nitrogen and oxygen atoms in total. The minimum atomic E-state index is -0.257. The maximum absolute atomic E-state index is 13.5. The number of likely N-dealkylation sites (N-methyl/N-ethyl adjacent to an activating group) is 2. The molecule has 0 fully saturated rings. The Labute approximate surface area is 352 Å². The van der Waals surface area contributed by atoms with E-state index in [4.69, 9.17) is 9.47 Å². The van der Waals surface area contributed by atoms with Crippen LogP contribution in [0.3, 0.4) is 0 Å². The van der Waals surface area contributed by atoms with Gasteiger partial charge in [-0.05, 0) is 107 Å². The van der Waals surface area contributed by atoms with Crippen molar-refractivity contribution < 1.29 is 18.3 Å². The van der Waals surface area contributed by atoms with Gasteiger partial charge in [0.15, 0.2) is 11.3 Å². The first kappa shape index (κ1) is 42.1. The van der Waals surface area contributed by atoms with Crippen molar-refractivity contribution in [3.05, 3.63) is 145 Å². The Morgan fingerprint density at radius 1 is 0.607 bits per heavy atom. The van der Waals surface area contributed by atoms with Crippen LogP contribution in [-0.4, -0.2) is 91.5 Å². The van der Waals surface area contributed by atoms with E-state index >= 15 is 0 Å². The van der Waals surface area contributed by atoms with E-state index < -0.39 is 0 Å². The van der Waals surface area contributed by atoms with E-state index in [-0.39, 0.29) is 23.7 Å². The summed E-state index contributed by atoms with van der Waals surface area (Å²) in [5, 5.41) is 19.0. The smallest absolute Gasteiger partial charge is 0.213 e. The molecule has 6 aromatic heterocycles. The normalized spacial score (nSPS) is 12.2. The van der Waals surface area contributed by atoms with Crippen molar-refractivity contribution in [1.82, 2.24) is 49.4 Å². The highest BCUT2D eigenvalue weighted by molar-refractivity contribution is 5.64. The average molecular weight is 827 g/mol. The Kier molecular flexibility index (Phi) is 13.7. The summed E-state index contributed by atoms with van der Waals surface area (Å²) in [4.78, 5) is 19.7. The van der Waals surface area contributed by atoms with E-state index in [0.717, 1.165) is 58.0 Å². The molecule has 0 aliphatic heterocycles. The second-order valence-corrected chi connectivity index (χ2v) is 14.5. The number of rotatable bonds is 16. The molecular formula is C45H48F2N12O2. The summed E-state index contributed by atoms with van der Waals surface area (Å²) in [6, 6.07) is 27.9. The molecule has 3 N–H and O–H groups in total. The van der Waals surface area contributed by atoms with E-state index in [1.165, 1.54) is 24.3 Å². The van der Waals surface area contributed by atoms with Crippen LogP contribution in [0.15, 0.2) is 122 Å². The van der Waals surface area contributed by atoms with Crippen LogP contribution in [0.1, 0.15) is 37.1 Å². The monoisotopic (exact) mass is 826 g/mol. The number of aromatic nitrogens is 8. The molecule has 0 saturated carbocycles. The number of hydrogen-bond acceptors (Lipinski definition) is 12. The van der Waals surface area contributed by atoms with Gasteiger partial charge in [0.1, 0.15) is 36.5 Å². The van der Waals surface area contributed by atoms with Crippen LogP contribution in [0, 0.1) is 11.6 Å². The van der Waals surface area contributed by atoms with Gasteiger partial charge in [0.05, 0.1) is 35.9 Å². The fourth-order valence-electron chi connectivity index (χ4n) is 6.28. The van der Waals surface area contributed by atoms with Gasteiger partial charge in [-0.1, -0.05) is 24.3 Å². The Bertz CT molecular complexity index is 2650. The molecule has 8 aromatic rings. The number of fused-ring (bicyclic) bond motifs is 2. The van der Waals surface area contributed by atoms with E-state index in [1.54, 1.807) is 46.0 Å². The molecule has 0 aliphatic carbocycles. The van der Waals surface area contributed by atoms with Crippen molar-refractivity contribution in [3.63, 3.8) is 0 Å². The highest BCUT2D eigenvalue weighted by Crippen LogP contribution is 2.26. The molecule has 6 heterocycles. The quantitative estimate of drug-likeness (QED) is 0.0820. The number of hydrogen-bond donors (Lipinski definition) is 3. The fourth-order valence-corrected chi connectivity index (χ4v) is 6.28. The summed E-state index contributed by atoms with van der Waals surface area (Å²) in [6.07, 6.45) is 7.03. The Morgan fingerprint density at radius 2 is 1.10 bits per heavy atom. The lowest BCUT2D eigenvalue weighted by Gasteiger charge is -2.15. The molecule has 16 heteroatoms. The van der Waals surface area contributed by atoms with E-state index in [9.17, 15) is 8.78 Å². The van der Waals surface area contributed by atoms with E-state index in [0.29, 0.717) is 36.6 Å². The predicted octanol–water partition coefficient (Wildman–Crippen LogP) is 7.75. The lowest BCUT2D eigenvalue weighted by molar-refractivity contribution is 0.254. The molecule has 0 bridgehead atoms. The Morgan fingerprint density at radius 3 is 1.52 bits per heavy atom. The van der Waals surface area contributed by atoms with Gasteiger partial charge in [0.25, 0.3) is 0 Å². The molecule has 314 valence electrons. The molecular weight excluding hydrogens is 779 g/mol. The van der Waals surface area contributed by atoms with Gasteiger partial charge < -0.3 is 30.3 Å². The summed E-state index contributed by atoms with van der Waals surface area (Å²) >= 11 is 0. The second kappa shape index (κ2) is 19.8. The van der Waals surface area contributed by atoms with Gasteiger partial charge in [-0.25, -0.2) is 37.7 Å². The zero-order valence-corrected chi connectivity index (χ0v) is 34.6. The lowest BCUT2D eigenvalue weighted by atomic mass is 10.1.